The number of hydrogen-bond acceptors (Lipinski definition) is 5. The smallest absolute Gasteiger partial charge is 0.414 e. The first-order chi connectivity index (χ1) is 6.45. The molecule has 0 saturated heterocycles. The zero-order valence-electron chi connectivity index (χ0n) is 9.54. The van der Waals surface area contributed by atoms with Gasteiger partial charge in [0.25, 0.3) is 0 Å². The van der Waals surface area contributed by atoms with Crippen LogP contribution in [0.3, 0.4) is 0 Å². The number of hydrogen-bond donors (Lipinski definition) is 0. The molecule has 0 aliphatic heterocycles. The van der Waals surface area contributed by atoms with Gasteiger partial charge in [0, 0.05) is 21.3 Å². The fraction of sp³-hybridized carbons (Fsp3) is 1.00. The van der Waals surface area contributed by atoms with Gasteiger partial charge in [-0.25, -0.2) is 0 Å². The predicted molar refractivity (Wildman–Crippen MR) is 58.1 cm³/mol. The largest absolute Gasteiger partial charge is 0.567 e. The zero-order valence-corrected chi connectivity index (χ0v) is 12.5. The van der Waals surface area contributed by atoms with Gasteiger partial charge in [-0.15, -0.1) is 0 Å². The van der Waals surface area contributed by atoms with Crippen molar-refractivity contribution in [3.8, 4) is 0 Å². The zero-order chi connectivity index (χ0) is 11.2. The van der Waals surface area contributed by atoms with E-state index in [4.69, 9.17) is 21.5 Å². The van der Waals surface area contributed by atoms with Crippen LogP contribution in [0.5, 0.6) is 0 Å². The van der Waals surface area contributed by atoms with Crippen LogP contribution >= 0.6 is 0 Å². The van der Waals surface area contributed by atoms with E-state index < -0.39 is 27.4 Å². The van der Waals surface area contributed by atoms with Crippen LogP contribution in [-0.4, -0.2) is 48.7 Å². The summed E-state index contributed by atoms with van der Waals surface area (Å²) in [6.45, 7) is 5.82. The molecule has 0 aliphatic carbocycles. The highest BCUT2D eigenvalue weighted by Crippen LogP contribution is 2.10. The van der Waals surface area contributed by atoms with Gasteiger partial charge in [0.05, 0.1) is 0 Å². The van der Waals surface area contributed by atoms with E-state index in [1.54, 1.807) is 21.3 Å². The maximum atomic E-state index is 5.68. The van der Waals surface area contributed by atoms with Crippen molar-refractivity contribution in [2.75, 3.05) is 21.3 Å². The molecular weight excluding hydrogens is 236 g/mol. The van der Waals surface area contributed by atoms with Crippen LogP contribution in [0.2, 0.25) is 19.6 Å². The molecule has 0 bridgehead atoms. The summed E-state index contributed by atoms with van der Waals surface area (Å²) in [5.41, 5.74) is 0. The average Bonchev–Trinajstić information content (AvgIpc) is 2.13. The van der Waals surface area contributed by atoms with Gasteiger partial charge in [-0.05, 0) is 19.6 Å². The summed E-state index contributed by atoms with van der Waals surface area (Å²) in [5, 5.41) is 0. The highest BCUT2D eigenvalue weighted by molar-refractivity contribution is 6.75. The Morgan fingerprint density at radius 3 is 1.71 bits per heavy atom. The molecule has 0 fully saturated rings. The minimum Gasteiger partial charge on any atom is -0.414 e. The molecule has 8 heteroatoms. The Kier molecular flexibility index (Phi) is 7.07. The maximum absolute atomic E-state index is 5.68. The Balaban J connectivity index is 4.04. The van der Waals surface area contributed by atoms with Crippen LogP contribution in [0.25, 0.3) is 0 Å². The summed E-state index contributed by atoms with van der Waals surface area (Å²) < 4.78 is 26.5. The highest BCUT2D eigenvalue weighted by atomic mass is 28.5. The molecule has 5 nitrogen and oxygen atoms in total. The normalized spacial score (nSPS) is 12.9. The van der Waals surface area contributed by atoms with Crippen molar-refractivity contribution < 1.29 is 21.5 Å². The van der Waals surface area contributed by atoms with Crippen molar-refractivity contribution in [3.05, 3.63) is 0 Å². The van der Waals surface area contributed by atoms with E-state index in [1.807, 2.05) is 19.6 Å². The van der Waals surface area contributed by atoms with E-state index in [1.165, 1.54) is 0 Å². The van der Waals surface area contributed by atoms with Gasteiger partial charge in [-0.1, -0.05) is 0 Å². The Labute approximate surface area is 90.3 Å². The first-order valence-electron chi connectivity index (χ1n) is 4.15. The van der Waals surface area contributed by atoms with Crippen molar-refractivity contribution in [1.29, 1.82) is 0 Å². The first kappa shape index (κ1) is 14.5. The second-order valence-electron chi connectivity index (χ2n) is 2.96. The summed E-state index contributed by atoms with van der Waals surface area (Å²) in [6.07, 6.45) is 0. The minimum absolute atomic E-state index is 1.21. The Morgan fingerprint density at radius 1 is 0.857 bits per heavy atom. The molecule has 0 N–H and O–H groups in total. The second-order valence-corrected chi connectivity index (χ2v) is 10.1. The third-order valence-electron chi connectivity index (χ3n) is 1.34. The van der Waals surface area contributed by atoms with Gasteiger partial charge in [0.15, 0.2) is 0 Å². The lowest BCUT2D eigenvalue weighted by Crippen LogP contribution is -2.46. The van der Waals surface area contributed by atoms with Crippen molar-refractivity contribution in [2.24, 2.45) is 0 Å². The van der Waals surface area contributed by atoms with Gasteiger partial charge in [-0.3, -0.25) is 0 Å². The maximum Gasteiger partial charge on any atom is 0.567 e. The topological polar surface area (TPSA) is 46.2 Å². The molecule has 84 valence electrons. The highest BCUT2D eigenvalue weighted by Gasteiger charge is 2.34. The van der Waals surface area contributed by atoms with E-state index >= 15 is 0 Å². The molecule has 0 spiro atoms. The molecule has 0 aromatic rings. The van der Waals surface area contributed by atoms with Crippen molar-refractivity contribution >= 4 is 27.4 Å². The summed E-state index contributed by atoms with van der Waals surface area (Å²) in [5.74, 6) is 0. The molecule has 0 unspecified atom stereocenters. The van der Waals surface area contributed by atoms with Crippen LogP contribution in [0, 0.1) is 0 Å². The van der Waals surface area contributed by atoms with E-state index in [2.05, 4.69) is 0 Å². The molecule has 0 heterocycles. The van der Waals surface area contributed by atoms with Crippen molar-refractivity contribution in [1.82, 2.24) is 0 Å². The van der Waals surface area contributed by atoms with Crippen LogP contribution in [0.4, 0.5) is 0 Å². The lowest BCUT2D eigenvalue weighted by molar-refractivity contribution is 0.181. The van der Waals surface area contributed by atoms with Gasteiger partial charge in [0.1, 0.15) is 0 Å². The van der Waals surface area contributed by atoms with Crippen LogP contribution in [-0.2, 0) is 21.5 Å². The second kappa shape index (κ2) is 6.85. The van der Waals surface area contributed by atoms with Gasteiger partial charge < -0.3 is 21.5 Å². The monoisotopic (exact) mass is 254 g/mol. The molecule has 0 aromatic carbocycles. The Morgan fingerprint density at radius 2 is 1.36 bits per heavy atom. The summed E-state index contributed by atoms with van der Waals surface area (Å²) in [7, 11) is -0.250. The van der Waals surface area contributed by atoms with Gasteiger partial charge >= 0.3 is 27.4 Å². The standard InChI is InChI=1S/C6H18O5Si3/c1-7-12(4)10-14(5,6)11-13(8-2)9-3/h1-6H3. The molecule has 0 aliphatic rings. The Bertz CT molecular complexity index is 152. The van der Waals surface area contributed by atoms with Crippen LogP contribution < -0.4 is 0 Å². The first-order valence-corrected chi connectivity index (χ1v) is 10.0. The molecule has 0 rings (SSSR count). The lowest BCUT2D eigenvalue weighted by Gasteiger charge is -2.26. The van der Waals surface area contributed by atoms with E-state index in [9.17, 15) is 0 Å². The molecule has 2 radical (unpaired) electrons. The quantitative estimate of drug-likeness (QED) is 0.628. The van der Waals surface area contributed by atoms with Gasteiger partial charge in [-0.2, -0.15) is 0 Å². The van der Waals surface area contributed by atoms with Crippen molar-refractivity contribution in [2.45, 2.75) is 19.6 Å². The molecular formula is C6H18O5Si3. The molecule has 0 amide bonds. The van der Waals surface area contributed by atoms with Crippen molar-refractivity contribution in [3.63, 3.8) is 0 Å². The minimum atomic E-state index is -2.18. The fourth-order valence-corrected chi connectivity index (χ4v) is 6.86. The third kappa shape index (κ3) is 6.03. The third-order valence-corrected chi connectivity index (χ3v) is 8.33. The van der Waals surface area contributed by atoms with E-state index in [0.29, 0.717) is 0 Å². The van der Waals surface area contributed by atoms with Gasteiger partial charge in [0.2, 0.25) is 0 Å². The summed E-state index contributed by atoms with van der Waals surface area (Å²) >= 11 is 0. The molecule has 0 atom stereocenters. The van der Waals surface area contributed by atoms with Crippen LogP contribution in [0.1, 0.15) is 0 Å². The Hall–Kier alpha value is 0.451. The molecule has 14 heavy (non-hydrogen) atoms. The van der Waals surface area contributed by atoms with E-state index in [-0.39, 0.29) is 0 Å². The predicted octanol–water partition coefficient (Wildman–Crippen LogP) is 0.763. The van der Waals surface area contributed by atoms with E-state index in [0.717, 1.165) is 0 Å². The fourth-order valence-electron chi connectivity index (χ4n) is 0.776. The molecule has 0 saturated carbocycles. The SMILES string of the molecule is CO[Si](C)O[Si](C)(C)O[Si](OC)OC. The summed E-state index contributed by atoms with van der Waals surface area (Å²) in [4.78, 5) is 0. The lowest BCUT2D eigenvalue weighted by atomic mass is 11.8. The molecule has 0 aromatic heterocycles. The van der Waals surface area contributed by atoms with Crippen LogP contribution in [0.15, 0.2) is 0 Å². The number of rotatable bonds is 7. The summed E-state index contributed by atoms with van der Waals surface area (Å²) in [6, 6.07) is 0. The average molecular weight is 254 g/mol.